The average molecular weight is 278 g/mol. The Hall–Kier alpha value is -1.58. The van der Waals surface area contributed by atoms with Gasteiger partial charge in [-0.1, -0.05) is 32.8 Å². The maximum Gasteiger partial charge on any atom is 0.319 e. The molecule has 110 valence electrons. The lowest BCUT2D eigenvalue weighted by Gasteiger charge is -2.34. The van der Waals surface area contributed by atoms with Crippen LogP contribution in [0.15, 0.2) is 18.2 Å². The van der Waals surface area contributed by atoms with Crippen molar-refractivity contribution in [1.29, 1.82) is 0 Å². The van der Waals surface area contributed by atoms with Gasteiger partial charge in [-0.3, -0.25) is 0 Å². The highest BCUT2D eigenvalue weighted by atomic mass is 19.1. The Morgan fingerprint density at radius 3 is 2.75 bits per heavy atom. The maximum atomic E-state index is 13.4. The molecule has 2 amide bonds. The van der Waals surface area contributed by atoms with Crippen LogP contribution < -0.4 is 10.6 Å². The molecule has 1 aliphatic carbocycles. The quantitative estimate of drug-likeness (QED) is 0.841. The van der Waals surface area contributed by atoms with Gasteiger partial charge in [-0.15, -0.1) is 0 Å². The Labute approximate surface area is 120 Å². The van der Waals surface area contributed by atoms with E-state index in [1.165, 1.54) is 12.5 Å². The number of hydrogen-bond acceptors (Lipinski definition) is 1. The molecule has 0 aromatic heterocycles. The molecule has 4 heteroatoms. The fourth-order valence-corrected chi connectivity index (χ4v) is 2.79. The van der Waals surface area contributed by atoms with E-state index in [1.807, 2.05) is 0 Å². The number of amides is 2. The van der Waals surface area contributed by atoms with Crippen LogP contribution in [0.2, 0.25) is 0 Å². The lowest BCUT2D eigenvalue weighted by atomic mass is 9.78. The lowest BCUT2D eigenvalue weighted by Crippen LogP contribution is -2.45. The molecule has 0 saturated heterocycles. The van der Waals surface area contributed by atoms with Crippen LogP contribution in [0, 0.1) is 24.6 Å². The molecule has 0 heterocycles. The minimum Gasteiger partial charge on any atom is -0.335 e. The fourth-order valence-electron chi connectivity index (χ4n) is 2.79. The van der Waals surface area contributed by atoms with Crippen LogP contribution in [0.1, 0.15) is 38.7 Å². The van der Waals surface area contributed by atoms with Crippen LogP contribution in [-0.4, -0.2) is 12.1 Å². The van der Waals surface area contributed by atoms with Gasteiger partial charge >= 0.3 is 6.03 Å². The third kappa shape index (κ3) is 3.50. The molecule has 20 heavy (non-hydrogen) atoms. The molecular weight excluding hydrogens is 255 g/mol. The van der Waals surface area contributed by atoms with Crippen LogP contribution >= 0.6 is 0 Å². The van der Waals surface area contributed by atoms with Gasteiger partial charge in [0.05, 0.1) is 0 Å². The van der Waals surface area contributed by atoms with Gasteiger partial charge in [0, 0.05) is 11.7 Å². The van der Waals surface area contributed by atoms with Gasteiger partial charge in [-0.05, 0) is 42.9 Å². The van der Waals surface area contributed by atoms with Crippen molar-refractivity contribution in [3.05, 3.63) is 29.6 Å². The third-order valence-electron chi connectivity index (χ3n) is 4.45. The normalized spacial score (nSPS) is 26.1. The average Bonchev–Trinajstić information content (AvgIpc) is 2.39. The standard InChI is InChI=1S/C16H23FN2O/c1-10-5-4-6-15(12(10)3)19-16(20)18-13-8-7-11(2)14(17)9-13/h7-10,12,15H,4-6H2,1-3H3,(H2,18,19,20). The minimum atomic E-state index is -0.303. The third-order valence-corrected chi connectivity index (χ3v) is 4.45. The second-order valence-electron chi connectivity index (χ2n) is 5.94. The summed E-state index contributed by atoms with van der Waals surface area (Å²) in [4.78, 5) is 12.0. The lowest BCUT2D eigenvalue weighted by molar-refractivity contribution is 0.201. The molecule has 1 aliphatic rings. The van der Waals surface area contributed by atoms with E-state index in [1.54, 1.807) is 19.1 Å². The molecule has 1 aromatic carbocycles. The molecular formula is C16H23FN2O. The topological polar surface area (TPSA) is 41.1 Å². The summed E-state index contributed by atoms with van der Waals surface area (Å²) in [6.45, 7) is 6.11. The van der Waals surface area contributed by atoms with E-state index in [9.17, 15) is 9.18 Å². The number of urea groups is 1. The Balaban J connectivity index is 1.93. The molecule has 1 fully saturated rings. The van der Waals surface area contributed by atoms with Crippen molar-refractivity contribution in [2.45, 2.75) is 46.1 Å². The first-order chi connectivity index (χ1) is 9.47. The first kappa shape index (κ1) is 14.8. The smallest absolute Gasteiger partial charge is 0.319 e. The highest BCUT2D eigenvalue weighted by molar-refractivity contribution is 5.89. The van der Waals surface area contributed by atoms with E-state index in [2.05, 4.69) is 24.5 Å². The number of anilines is 1. The van der Waals surface area contributed by atoms with Crippen LogP contribution in [0.5, 0.6) is 0 Å². The van der Waals surface area contributed by atoms with Crippen molar-refractivity contribution in [1.82, 2.24) is 5.32 Å². The van der Waals surface area contributed by atoms with Crippen molar-refractivity contribution in [2.24, 2.45) is 11.8 Å². The fraction of sp³-hybridized carbons (Fsp3) is 0.562. The van der Waals surface area contributed by atoms with Gasteiger partial charge < -0.3 is 10.6 Å². The summed E-state index contributed by atoms with van der Waals surface area (Å²) < 4.78 is 13.4. The zero-order valence-corrected chi connectivity index (χ0v) is 12.4. The highest BCUT2D eigenvalue weighted by Crippen LogP contribution is 2.29. The van der Waals surface area contributed by atoms with E-state index in [4.69, 9.17) is 0 Å². The molecule has 0 radical (unpaired) electrons. The van der Waals surface area contributed by atoms with Gasteiger partial charge in [0.15, 0.2) is 0 Å². The van der Waals surface area contributed by atoms with E-state index in [0.717, 1.165) is 12.8 Å². The monoisotopic (exact) mass is 278 g/mol. The first-order valence-corrected chi connectivity index (χ1v) is 7.31. The van der Waals surface area contributed by atoms with E-state index in [-0.39, 0.29) is 17.9 Å². The van der Waals surface area contributed by atoms with Crippen molar-refractivity contribution in [3.63, 3.8) is 0 Å². The first-order valence-electron chi connectivity index (χ1n) is 7.31. The number of carbonyl (C=O) groups excluding carboxylic acids is 1. The van der Waals surface area contributed by atoms with Crippen LogP contribution in [0.3, 0.4) is 0 Å². The molecule has 3 unspecified atom stereocenters. The van der Waals surface area contributed by atoms with E-state index >= 15 is 0 Å². The predicted octanol–water partition coefficient (Wildman–Crippen LogP) is 4.08. The zero-order chi connectivity index (χ0) is 14.7. The Morgan fingerprint density at radius 1 is 1.30 bits per heavy atom. The van der Waals surface area contributed by atoms with Crippen molar-refractivity contribution in [3.8, 4) is 0 Å². The molecule has 2 N–H and O–H groups in total. The van der Waals surface area contributed by atoms with Crippen LogP contribution in [0.25, 0.3) is 0 Å². The molecule has 1 saturated carbocycles. The van der Waals surface area contributed by atoms with Gasteiger partial charge in [0.2, 0.25) is 0 Å². The van der Waals surface area contributed by atoms with Crippen molar-refractivity contribution >= 4 is 11.7 Å². The summed E-state index contributed by atoms with van der Waals surface area (Å²) in [5.74, 6) is 0.803. The second-order valence-corrected chi connectivity index (χ2v) is 5.94. The van der Waals surface area contributed by atoms with Crippen LogP contribution in [0.4, 0.5) is 14.9 Å². The predicted molar refractivity (Wildman–Crippen MR) is 79.3 cm³/mol. The summed E-state index contributed by atoms with van der Waals surface area (Å²) in [5, 5.41) is 5.71. The number of hydrogen-bond donors (Lipinski definition) is 2. The van der Waals surface area contributed by atoms with E-state index in [0.29, 0.717) is 23.1 Å². The summed E-state index contributed by atoms with van der Waals surface area (Å²) in [6, 6.07) is 4.68. The molecule has 3 nitrogen and oxygen atoms in total. The molecule has 0 bridgehead atoms. The molecule has 3 atom stereocenters. The number of benzene rings is 1. The Kier molecular flexibility index (Phi) is 4.63. The molecule has 0 aliphatic heterocycles. The van der Waals surface area contributed by atoms with Gasteiger partial charge in [-0.25, -0.2) is 9.18 Å². The van der Waals surface area contributed by atoms with Crippen LogP contribution in [-0.2, 0) is 0 Å². The SMILES string of the molecule is Cc1ccc(NC(=O)NC2CCCC(C)C2C)cc1F. The van der Waals surface area contributed by atoms with Crippen molar-refractivity contribution in [2.75, 3.05) is 5.32 Å². The van der Waals surface area contributed by atoms with Gasteiger partial charge in [0.1, 0.15) is 5.82 Å². The molecule has 2 rings (SSSR count). The van der Waals surface area contributed by atoms with Crippen molar-refractivity contribution < 1.29 is 9.18 Å². The summed E-state index contributed by atoms with van der Waals surface area (Å²) in [6.07, 6.45) is 3.39. The number of rotatable bonds is 2. The van der Waals surface area contributed by atoms with Gasteiger partial charge in [0.25, 0.3) is 0 Å². The summed E-state index contributed by atoms with van der Waals surface area (Å²) in [5.41, 5.74) is 1.06. The Bertz CT molecular complexity index is 489. The highest BCUT2D eigenvalue weighted by Gasteiger charge is 2.28. The largest absolute Gasteiger partial charge is 0.335 e. The number of carbonyl (C=O) groups is 1. The molecule has 0 spiro atoms. The summed E-state index contributed by atoms with van der Waals surface area (Å²) in [7, 11) is 0. The second kappa shape index (κ2) is 6.25. The maximum absolute atomic E-state index is 13.4. The number of aryl methyl sites for hydroxylation is 1. The summed E-state index contributed by atoms with van der Waals surface area (Å²) >= 11 is 0. The molecule has 1 aromatic rings. The van der Waals surface area contributed by atoms with Gasteiger partial charge in [-0.2, -0.15) is 0 Å². The minimum absolute atomic E-state index is 0.203. The number of halogens is 1. The Morgan fingerprint density at radius 2 is 2.05 bits per heavy atom. The number of nitrogens with one attached hydrogen (secondary N) is 2. The zero-order valence-electron chi connectivity index (χ0n) is 12.4. The van der Waals surface area contributed by atoms with E-state index < -0.39 is 0 Å².